The van der Waals surface area contributed by atoms with Crippen molar-refractivity contribution in [3.8, 4) is 0 Å². The molecule has 0 bridgehead atoms. The third-order valence-electron chi connectivity index (χ3n) is 3.41. The molecule has 7 nitrogen and oxygen atoms in total. The lowest BCUT2D eigenvalue weighted by Crippen LogP contribution is -2.65. The van der Waals surface area contributed by atoms with Crippen LogP contribution in [0.5, 0.6) is 0 Å². The van der Waals surface area contributed by atoms with Gasteiger partial charge in [0.15, 0.2) is 5.79 Å². The maximum Gasteiger partial charge on any atom is 0.200 e. The van der Waals surface area contributed by atoms with Crippen LogP contribution < -0.4 is 0 Å². The summed E-state index contributed by atoms with van der Waals surface area (Å²) in [7, 11) is 0. The highest BCUT2D eigenvalue weighted by Gasteiger charge is 2.53. The standard InChI is InChI=1S/C11H22O7/c1-6(13)7(3-2-4-12)11(17)10(16)9(15)8(14)5-18-11/h6-10,12-17H,2-5H2,1H3/t6?,7?,8-,9+,10-,11-/m1/s1. The van der Waals surface area contributed by atoms with Crippen molar-refractivity contribution in [2.45, 2.75) is 50.0 Å². The summed E-state index contributed by atoms with van der Waals surface area (Å²) < 4.78 is 5.03. The Labute approximate surface area is 105 Å². The van der Waals surface area contributed by atoms with Gasteiger partial charge in [0, 0.05) is 12.5 Å². The molecule has 0 amide bonds. The second kappa shape index (κ2) is 6.25. The number of aliphatic hydroxyl groups is 6. The molecule has 0 saturated carbocycles. The van der Waals surface area contributed by atoms with E-state index in [4.69, 9.17) is 9.84 Å². The third kappa shape index (κ3) is 3.00. The van der Waals surface area contributed by atoms with Crippen molar-refractivity contribution < 1.29 is 35.4 Å². The Bertz CT molecular complexity index is 260. The molecule has 6 N–H and O–H groups in total. The summed E-state index contributed by atoms with van der Waals surface area (Å²) in [6.45, 7) is 0.963. The lowest BCUT2D eigenvalue weighted by atomic mass is 9.81. The van der Waals surface area contributed by atoms with Gasteiger partial charge in [0.05, 0.1) is 12.7 Å². The summed E-state index contributed by atoms with van der Waals surface area (Å²) in [4.78, 5) is 0. The minimum absolute atomic E-state index is 0.124. The number of rotatable bonds is 5. The molecule has 0 aromatic carbocycles. The normalized spacial score (nSPS) is 40.5. The zero-order valence-corrected chi connectivity index (χ0v) is 10.3. The van der Waals surface area contributed by atoms with E-state index in [-0.39, 0.29) is 19.6 Å². The van der Waals surface area contributed by atoms with E-state index in [0.717, 1.165) is 0 Å². The average Bonchev–Trinajstić information content (AvgIpc) is 2.32. The Kier molecular flexibility index (Phi) is 5.47. The van der Waals surface area contributed by atoms with Crippen molar-refractivity contribution in [3.05, 3.63) is 0 Å². The first-order valence-corrected chi connectivity index (χ1v) is 6.04. The molecule has 18 heavy (non-hydrogen) atoms. The Morgan fingerprint density at radius 3 is 2.44 bits per heavy atom. The number of aliphatic hydroxyl groups excluding tert-OH is 5. The highest BCUT2D eigenvalue weighted by Crippen LogP contribution is 2.35. The monoisotopic (exact) mass is 266 g/mol. The van der Waals surface area contributed by atoms with Crippen LogP contribution in [0, 0.1) is 5.92 Å². The lowest BCUT2D eigenvalue weighted by Gasteiger charge is -2.46. The van der Waals surface area contributed by atoms with E-state index in [0.29, 0.717) is 6.42 Å². The summed E-state index contributed by atoms with van der Waals surface area (Å²) in [5.74, 6) is -3.01. The fraction of sp³-hybridized carbons (Fsp3) is 1.00. The minimum atomic E-state index is -2.14. The van der Waals surface area contributed by atoms with Gasteiger partial charge in [-0.25, -0.2) is 0 Å². The molecule has 1 saturated heterocycles. The maximum atomic E-state index is 10.3. The lowest BCUT2D eigenvalue weighted by molar-refractivity contribution is -0.350. The van der Waals surface area contributed by atoms with Gasteiger partial charge in [0.2, 0.25) is 0 Å². The van der Waals surface area contributed by atoms with E-state index < -0.39 is 36.1 Å². The van der Waals surface area contributed by atoms with E-state index in [1.54, 1.807) is 0 Å². The summed E-state index contributed by atoms with van der Waals surface area (Å²) >= 11 is 0. The minimum Gasteiger partial charge on any atom is -0.396 e. The highest BCUT2D eigenvalue weighted by atomic mass is 16.6. The first kappa shape index (κ1) is 15.8. The van der Waals surface area contributed by atoms with E-state index >= 15 is 0 Å². The Morgan fingerprint density at radius 1 is 1.33 bits per heavy atom. The van der Waals surface area contributed by atoms with Gasteiger partial charge < -0.3 is 35.4 Å². The topological polar surface area (TPSA) is 131 Å². The maximum absolute atomic E-state index is 10.3. The van der Waals surface area contributed by atoms with Crippen LogP contribution in [0.15, 0.2) is 0 Å². The predicted molar refractivity (Wildman–Crippen MR) is 60.4 cm³/mol. The summed E-state index contributed by atoms with van der Waals surface area (Å²) in [5.41, 5.74) is 0. The van der Waals surface area contributed by atoms with Crippen molar-refractivity contribution >= 4 is 0 Å². The Hall–Kier alpha value is -0.280. The van der Waals surface area contributed by atoms with Gasteiger partial charge in [-0.2, -0.15) is 0 Å². The van der Waals surface area contributed by atoms with Gasteiger partial charge in [-0.05, 0) is 19.8 Å². The fourth-order valence-electron chi connectivity index (χ4n) is 2.29. The largest absolute Gasteiger partial charge is 0.396 e. The van der Waals surface area contributed by atoms with Crippen LogP contribution in [0.25, 0.3) is 0 Å². The van der Waals surface area contributed by atoms with Crippen molar-refractivity contribution in [1.82, 2.24) is 0 Å². The molecule has 0 aromatic heterocycles. The van der Waals surface area contributed by atoms with Crippen molar-refractivity contribution in [3.63, 3.8) is 0 Å². The van der Waals surface area contributed by atoms with Gasteiger partial charge in [0.25, 0.3) is 0 Å². The SMILES string of the molecule is CC(O)C(CCCO)[C@@]1(O)OC[C@@H](O)[C@H](O)[C@H]1O. The molecule has 0 spiro atoms. The first-order valence-electron chi connectivity index (χ1n) is 6.04. The number of hydrogen-bond acceptors (Lipinski definition) is 7. The van der Waals surface area contributed by atoms with Crippen LogP contribution in [0.3, 0.4) is 0 Å². The van der Waals surface area contributed by atoms with Crippen molar-refractivity contribution in [2.24, 2.45) is 5.92 Å². The molecule has 0 radical (unpaired) electrons. The van der Waals surface area contributed by atoms with Crippen LogP contribution in [0.4, 0.5) is 0 Å². The molecular formula is C11H22O7. The molecule has 1 heterocycles. The highest BCUT2D eigenvalue weighted by molar-refractivity contribution is 4.96. The van der Waals surface area contributed by atoms with E-state index in [2.05, 4.69) is 0 Å². The zero-order valence-electron chi connectivity index (χ0n) is 10.3. The van der Waals surface area contributed by atoms with Crippen molar-refractivity contribution in [2.75, 3.05) is 13.2 Å². The molecular weight excluding hydrogens is 244 g/mol. The molecule has 1 fully saturated rings. The molecule has 0 aromatic rings. The summed E-state index contributed by atoms with van der Waals surface area (Å²) in [5, 5.41) is 57.5. The van der Waals surface area contributed by atoms with E-state index in [9.17, 15) is 25.5 Å². The number of ether oxygens (including phenoxy) is 1. The smallest absolute Gasteiger partial charge is 0.200 e. The molecule has 1 rings (SSSR count). The van der Waals surface area contributed by atoms with Gasteiger partial charge in [0.1, 0.15) is 18.3 Å². The molecule has 7 heteroatoms. The van der Waals surface area contributed by atoms with Gasteiger partial charge in [-0.1, -0.05) is 0 Å². The van der Waals surface area contributed by atoms with E-state index in [1.165, 1.54) is 6.92 Å². The Balaban J connectivity index is 2.86. The van der Waals surface area contributed by atoms with Crippen LogP contribution >= 0.6 is 0 Å². The molecule has 6 atom stereocenters. The van der Waals surface area contributed by atoms with Crippen LogP contribution in [-0.4, -0.2) is 74.1 Å². The van der Waals surface area contributed by atoms with Crippen molar-refractivity contribution in [1.29, 1.82) is 0 Å². The molecule has 1 aliphatic heterocycles. The molecule has 0 aliphatic carbocycles. The summed E-state index contributed by atoms with van der Waals surface area (Å²) in [6, 6.07) is 0. The van der Waals surface area contributed by atoms with Gasteiger partial charge >= 0.3 is 0 Å². The Morgan fingerprint density at radius 2 is 1.94 bits per heavy atom. The second-order valence-corrected chi connectivity index (χ2v) is 4.78. The fourth-order valence-corrected chi connectivity index (χ4v) is 2.29. The predicted octanol–water partition coefficient (Wildman–Crippen LogP) is -2.44. The number of hydrogen-bond donors (Lipinski definition) is 6. The quantitative estimate of drug-likeness (QED) is 0.326. The van der Waals surface area contributed by atoms with Gasteiger partial charge in [-0.3, -0.25) is 0 Å². The molecule has 108 valence electrons. The van der Waals surface area contributed by atoms with Crippen LogP contribution in [-0.2, 0) is 4.74 Å². The molecule has 1 aliphatic rings. The third-order valence-corrected chi connectivity index (χ3v) is 3.41. The van der Waals surface area contributed by atoms with E-state index in [1.807, 2.05) is 0 Å². The first-order chi connectivity index (χ1) is 8.34. The summed E-state index contributed by atoms with van der Waals surface area (Å²) in [6.07, 6.45) is -5.03. The van der Waals surface area contributed by atoms with Crippen LogP contribution in [0.1, 0.15) is 19.8 Å². The van der Waals surface area contributed by atoms with Gasteiger partial charge in [-0.15, -0.1) is 0 Å². The van der Waals surface area contributed by atoms with Crippen LogP contribution in [0.2, 0.25) is 0 Å². The average molecular weight is 266 g/mol. The molecule has 2 unspecified atom stereocenters. The second-order valence-electron chi connectivity index (χ2n) is 4.78. The zero-order chi connectivity index (χ0) is 13.9.